The van der Waals surface area contributed by atoms with E-state index in [4.69, 9.17) is 4.84 Å². The molecule has 0 aliphatic rings. The van der Waals surface area contributed by atoms with Crippen molar-refractivity contribution in [3.05, 3.63) is 0 Å². The van der Waals surface area contributed by atoms with Crippen LogP contribution in [0.4, 0.5) is 0 Å². The fraction of sp³-hybridized carbons (Fsp3) is 0.882. The Bertz CT molecular complexity index is 247. The Kier molecular flexibility index (Phi) is 17.4. The number of unbranched alkanes of at least 4 members (excludes halogenated alkanes) is 3. The molecule has 0 radical (unpaired) electrons. The van der Waals surface area contributed by atoms with Crippen molar-refractivity contribution in [3.8, 4) is 0 Å². The third-order valence-electron chi connectivity index (χ3n) is 2.91. The minimum Gasteiger partial charge on any atom is -0.388 e. The molecular formula is C17H35NO2. The monoisotopic (exact) mass is 285 g/mol. The lowest BCUT2D eigenvalue weighted by molar-refractivity contribution is -0.123. The summed E-state index contributed by atoms with van der Waals surface area (Å²) in [5, 5.41) is 3.95. The van der Waals surface area contributed by atoms with Crippen LogP contribution in [0.15, 0.2) is 5.16 Å². The lowest BCUT2D eigenvalue weighted by Crippen LogP contribution is -2.05. The molecule has 0 rings (SSSR count). The van der Waals surface area contributed by atoms with Gasteiger partial charge in [0.05, 0.1) is 5.71 Å². The van der Waals surface area contributed by atoms with Crippen LogP contribution in [0.3, 0.4) is 0 Å². The summed E-state index contributed by atoms with van der Waals surface area (Å²) < 4.78 is 0. The molecule has 0 aromatic heterocycles. The first-order valence-corrected chi connectivity index (χ1v) is 8.23. The van der Waals surface area contributed by atoms with Crippen LogP contribution in [0.25, 0.3) is 0 Å². The molecule has 0 unspecified atom stereocenters. The molecule has 0 bridgehead atoms. The highest BCUT2D eigenvalue weighted by Gasteiger charge is 1.99. The Hall–Kier alpha value is -0.860. The standard InChI is InChI=1S/C15H29NO2.C2H6/c1-5-15(17)12-18-16-14(4)11-9-7-6-8-10-13(2)3;1-2/h13H,5-12H2,1-4H3;1-2H3/b16-14+;. The number of oxime groups is 1. The number of hydrogen-bond donors (Lipinski definition) is 0. The molecule has 3 heteroatoms. The highest BCUT2D eigenvalue weighted by Crippen LogP contribution is 2.10. The van der Waals surface area contributed by atoms with Gasteiger partial charge in [-0.2, -0.15) is 0 Å². The zero-order valence-electron chi connectivity index (χ0n) is 14.5. The summed E-state index contributed by atoms with van der Waals surface area (Å²) in [7, 11) is 0. The van der Waals surface area contributed by atoms with E-state index in [-0.39, 0.29) is 12.4 Å². The molecule has 0 aromatic rings. The van der Waals surface area contributed by atoms with Gasteiger partial charge in [0.15, 0.2) is 12.4 Å². The van der Waals surface area contributed by atoms with E-state index in [0.29, 0.717) is 6.42 Å². The van der Waals surface area contributed by atoms with Gasteiger partial charge in [0, 0.05) is 6.42 Å². The van der Waals surface area contributed by atoms with E-state index in [1.54, 1.807) is 0 Å². The molecule has 0 heterocycles. The van der Waals surface area contributed by atoms with Gasteiger partial charge < -0.3 is 4.84 Å². The van der Waals surface area contributed by atoms with Crippen LogP contribution in [0.1, 0.15) is 86.5 Å². The summed E-state index contributed by atoms with van der Waals surface area (Å²) >= 11 is 0. The zero-order valence-corrected chi connectivity index (χ0v) is 14.5. The fourth-order valence-electron chi connectivity index (χ4n) is 1.65. The summed E-state index contributed by atoms with van der Waals surface area (Å²) in [5.74, 6) is 0.915. The first kappa shape index (κ1) is 21.4. The average Bonchev–Trinajstić information content (AvgIpc) is 2.44. The number of hydrogen-bond acceptors (Lipinski definition) is 3. The summed E-state index contributed by atoms with van der Waals surface area (Å²) in [5.41, 5.74) is 0.989. The number of nitrogens with zero attached hydrogens (tertiary/aromatic N) is 1. The van der Waals surface area contributed by atoms with Gasteiger partial charge in [-0.3, -0.25) is 4.79 Å². The second-order valence-corrected chi connectivity index (χ2v) is 5.34. The van der Waals surface area contributed by atoms with Gasteiger partial charge >= 0.3 is 0 Å². The van der Waals surface area contributed by atoms with E-state index in [1.165, 1.54) is 32.1 Å². The van der Waals surface area contributed by atoms with E-state index < -0.39 is 0 Å². The third kappa shape index (κ3) is 17.1. The first-order chi connectivity index (χ1) is 9.56. The van der Waals surface area contributed by atoms with E-state index in [0.717, 1.165) is 18.1 Å². The smallest absolute Gasteiger partial charge is 0.175 e. The van der Waals surface area contributed by atoms with Crippen LogP contribution in [0.2, 0.25) is 0 Å². The molecule has 0 aliphatic heterocycles. The van der Waals surface area contributed by atoms with Crippen LogP contribution in [-0.2, 0) is 9.63 Å². The molecule has 0 N–H and O–H groups in total. The van der Waals surface area contributed by atoms with Gasteiger partial charge in [0.25, 0.3) is 0 Å². The SMILES string of the molecule is CC.CCC(=O)CO/N=C(\C)CCCCCCC(C)C. The van der Waals surface area contributed by atoms with Crippen molar-refractivity contribution in [2.24, 2.45) is 11.1 Å². The molecule has 3 nitrogen and oxygen atoms in total. The number of rotatable bonds is 11. The Morgan fingerprint density at radius 1 is 1.10 bits per heavy atom. The van der Waals surface area contributed by atoms with Gasteiger partial charge in [-0.1, -0.05) is 65.5 Å². The largest absolute Gasteiger partial charge is 0.388 e. The molecule has 0 saturated carbocycles. The van der Waals surface area contributed by atoms with Crippen molar-refractivity contribution >= 4 is 11.5 Å². The lowest BCUT2D eigenvalue weighted by atomic mass is 10.0. The molecule has 0 spiro atoms. The second kappa shape index (κ2) is 16.2. The number of carbonyl (C=O) groups excluding carboxylic acids is 1. The molecule has 20 heavy (non-hydrogen) atoms. The van der Waals surface area contributed by atoms with Gasteiger partial charge in [-0.05, 0) is 25.7 Å². The maximum Gasteiger partial charge on any atom is 0.175 e. The van der Waals surface area contributed by atoms with Crippen molar-refractivity contribution in [2.45, 2.75) is 86.5 Å². The Morgan fingerprint density at radius 3 is 2.25 bits per heavy atom. The van der Waals surface area contributed by atoms with Crippen molar-refractivity contribution < 1.29 is 9.63 Å². The minimum absolute atomic E-state index is 0.0974. The summed E-state index contributed by atoms with van der Waals surface area (Å²) in [6.45, 7) is 12.4. The van der Waals surface area contributed by atoms with E-state index in [9.17, 15) is 4.79 Å². The molecule has 120 valence electrons. The average molecular weight is 285 g/mol. The first-order valence-electron chi connectivity index (χ1n) is 8.23. The Balaban J connectivity index is 0. The molecule has 0 amide bonds. The maximum absolute atomic E-state index is 11.0. The van der Waals surface area contributed by atoms with Crippen molar-refractivity contribution in [3.63, 3.8) is 0 Å². The topological polar surface area (TPSA) is 38.7 Å². The van der Waals surface area contributed by atoms with Crippen LogP contribution in [0, 0.1) is 5.92 Å². The fourth-order valence-corrected chi connectivity index (χ4v) is 1.65. The van der Waals surface area contributed by atoms with Crippen molar-refractivity contribution in [1.82, 2.24) is 0 Å². The van der Waals surface area contributed by atoms with Gasteiger partial charge in [0.1, 0.15) is 0 Å². The predicted octanol–water partition coefficient (Wildman–Crippen LogP) is 5.38. The van der Waals surface area contributed by atoms with Crippen molar-refractivity contribution in [1.29, 1.82) is 0 Å². The van der Waals surface area contributed by atoms with E-state index in [2.05, 4.69) is 19.0 Å². The van der Waals surface area contributed by atoms with Gasteiger partial charge in [0.2, 0.25) is 0 Å². The summed E-state index contributed by atoms with van der Waals surface area (Å²) in [6, 6.07) is 0. The highest BCUT2D eigenvalue weighted by molar-refractivity contribution is 5.82. The quantitative estimate of drug-likeness (QED) is 0.290. The summed E-state index contributed by atoms with van der Waals surface area (Å²) in [4.78, 5) is 16.0. The lowest BCUT2D eigenvalue weighted by Gasteiger charge is -2.04. The van der Waals surface area contributed by atoms with Crippen molar-refractivity contribution in [2.75, 3.05) is 6.61 Å². The number of carbonyl (C=O) groups is 1. The predicted molar refractivity (Wildman–Crippen MR) is 88.2 cm³/mol. The maximum atomic E-state index is 11.0. The molecule has 0 atom stereocenters. The van der Waals surface area contributed by atoms with Gasteiger partial charge in [-0.15, -0.1) is 0 Å². The zero-order chi connectivity index (χ0) is 15.8. The number of Topliss-reactive ketones (excluding diaryl/α,β-unsaturated/α-hetero) is 1. The molecule has 0 aliphatic carbocycles. The Labute approximate surface area is 126 Å². The van der Waals surface area contributed by atoms with Crippen LogP contribution in [-0.4, -0.2) is 18.1 Å². The van der Waals surface area contributed by atoms with Gasteiger partial charge in [-0.25, -0.2) is 0 Å². The molecule has 0 saturated heterocycles. The summed E-state index contributed by atoms with van der Waals surface area (Å²) in [6.07, 6.45) is 7.88. The Morgan fingerprint density at radius 2 is 1.70 bits per heavy atom. The molecule has 0 fully saturated rings. The van der Waals surface area contributed by atoms with E-state index >= 15 is 0 Å². The second-order valence-electron chi connectivity index (χ2n) is 5.34. The van der Waals surface area contributed by atoms with Crippen LogP contribution < -0.4 is 0 Å². The van der Waals surface area contributed by atoms with Crippen LogP contribution in [0.5, 0.6) is 0 Å². The third-order valence-corrected chi connectivity index (χ3v) is 2.91. The highest BCUT2D eigenvalue weighted by atomic mass is 16.6. The van der Waals surface area contributed by atoms with Crippen LogP contribution >= 0.6 is 0 Å². The minimum atomic E-state index is 0.0974. The number of ketones is 1. The van der Waals surface area contributed by atoms with E-state index in [1.807, 2.05) is 27.7 Å². The normalized spacial score (nSPS) is 11.1. The molecule has 0 aromatic carbocycles. The molecular weight excluding hydrogens is 250 g/mol.